The van der Waals surface area contributed by atoms with Gasteiger partial charge in [-0.25, -0.2) is 0 Å². The molecule has 0 unspecified atom stereocenters. The second kappa shape index (κ2) is 4.12. The zero-order valence-electron chi connectivity index (χ0n) is 6.14. The van der Waals surface area contributed by atoms with Crippen LogP contribution >= 0.6 is 0 Å². The van der Waals surface area contributed by atoms with Crippen LogP contribution < -0.4 is 11.1 Å². The van der Waals surface area contributed by atoms with Gasteiger partial charge in [-0.15, -0.1) is 0 Å². The van der Waals surface area contributed by atoms with Gasteiger partial charge in [0.25, 0.3) is 0 Å². The van der Waals surface area contributed by atoms with E-state index in [1.807, 2.05) is 6.20 Å². The summed E-state index contributed by atoms with van der Waals surface area (Å²) in [6.45, 7) is 0.780. The third-order valence-corrected chi connectivity index (χ3v) is 1.54. The van der Waals surface area contributed by atoms with Crippen molar-refractivity contribution in [2.24, 2.45) is 5.73 Å². The largest absolute Gasteiger partial charge is 0.366 e. The molecule has 0 amide bonds. The predicted molar refractivity (Wildman–Crippen MR) is 43.3 cm³/mol. The van der Waals surface area contributed by atoms with Crippen molar-refractivity contribution in [2.75, 3.05) is 6.54 Å². The Morgan fingerprint density at radius 3 is 3.10 bits per heavy atom. The van der Waals surface area contributed by atoms with Crippen LogP contribution in [0.1, 0.15) is 19.3 Å². The average Bonchev–Trinajstić information content (AvgIpc) is 2.03. The van der Waals surface area contributed by atoms with E-state index in [1.165, 1.54) is 5.70 Å². The molecule has 0 spiro atoms. The Morgan fingerprint density at radius 2 is 2.50 bits per heavy atom. The van der Waals surface area contributed by atoms with Crippen LogP contribution in [-0.2, 0) is 0 Å². The van der Waals surface area contributed by atoms with Crippen LogP contribution in [0.2, 0.25) is 0 Å². The average molecular weight is 138 g/mol. The molecular weight excluding hydrogens is 124 g/mol. The molecule has 0 bridgehead atoms. The molecule has 2 heteroatoms. The number of rotatable bonds is 3. The van der Waals surface area contributed by atoms with E-state index < -0.39 is 0 Å². The summed E-state index contributed by atoms with van der Waals surface area (Å²) < 4.78 is 0. The summed E-state index contributed by atoms with van der Waals surface area (Å²) in [5.41, 5.74) is 6.69. The van der Waals surface area contributed by atoms with Crippen LogP contribution in [0.5, 0.6) is 0 Å². The first-order valence-corrected chi connectivity index (χ1v) is 3.74. The number of hydrogen-bond donors (Lipinski definition) is 2. The molecule has 1 aliphatic heterocycles. The molecule has 0 aromatic rings. The van der Waals surface area contributed by atoms with Gasteiger partial charge in [-0.1, -0.05) is 12.2 Å². The van der Waals surface area contributed by atoms with E-state index in [4.69, 9.17) is 5.73 Å². The molecule has 0 saturated heterocycles. The number of nitrogens with one attached hydrogen (secondary N) is 1. The quantitative estimate of drug-likeness (QED) is 0.613. The molecule has 2 nitrogen and oxygen atoms in total. The van der Waals surface area contributed by atoms with Crippen LogP contribution in [0.25, 0.3) is 0 Å². The lowest BCUT2D eigenvalue weighted by Crippen LogP contribution is -2.09. The van der Waals surface area contributed by atoms with Gasteiger partial charge in [-0.3, -0.25) is 0 Å². The van der Waals surface area contributed by atoms with Gasteiger partial charge in [0.1, 0.15) is 0 Å². The lowest BCUT2D eigenvalue weighted by Gasteiger charge is -2.09. The Hall–Kier alpha value is -0.760. The number of nitrogens with two attached hydrogens (primary N) is 1. The fraction of sp³-hybridized carbons (Fsp3) is 0.500. The van der Waals surface area contributed by atoms with Gasteiger partial charge >= 0.3 is 0 Å². The zero-order chi connectivity index (χ0) is 7.23. The topological polar surface area (TPSA) is 38.0 Å². The zero-order valence-corrected chi connectivity index (χ0v) is 6.14. The number of allylic oxidation sites excluding steroid dienone is 3. The second-order valence-corrected chi connectivity index (χ2v) is 2.40. The third kappa shape index (κ3) is 2.23. The molecule has 0 radical (unpaired) electrons. The molecule has 1 heterocycles. The summed E-state index contributed by atoms with van der Waals surface area (Å²) in [7, 11) is 0. The van der Waals surface area contributed by atoms with Crippen LogP contribution in [0.15, 0.2) is 24.0 Å². The highest BCUT2D eigenvalue weighted by atomic mass is 14.9. The minimum atomic E-state index is 0.780. The van der Waals surface area contributed by atoms with Gasteiger partial charge in [0.15, 0.2) is 0 Å². The Kier molecular flexibility index (Phi) is 3.03. The van der Waals surface area contributed by atoms with Crippen molar-refractivity contribution in [3.63, 3.8) is 0 Å². The predicted octanol–water partition coefficient (Wildman–Crippen LogP) is 1.12. The maximum Gasteiger partial charge on any atom is 0.0109 e. The standard InChI is InChI=1S/C8H14N2/c9-6-3-5-8-4-1-2-7-10-8/h2,4,7,10H,1,3,5-6,9H2. The number of dihydropyridines is 1. The fourth-order valence-electron chi connectivity index (χ4n) is 0.970. The van der Waals surface area contributed by atoms with Gasteiger partial charge in [0, 0.05) is 5.70 Å². The van der Waals surface area contributed by atoms with Crippen molar-refractivity contribution in [2.45, 2.75) is 19.3 Å². The number of hydrogen-bond acceptors (Lipinski definition) is 2. The molecule has 56 valence electrons. The third-order valence-electron chi connectivity index (χ3n) is 1.54. The van der Waals surface area contributed by atoms with E-state index in [2.05, 4.69) is 17.5 Å². The molecule has 0 aliphatic carbocycles. The van der Waals surface area contributed by atoms with Crippen molar-refractivity contribution in [1.29, 1.82) is 0 Å². The lowest BCUT2D eigenvalue weighted by molar-refractivity contribution is 0.773. The highest BCUT2D eigenvalue weighted by Gasteiger charge is 1.95. The summed E-state index contributed by atoms with van der Waals surface area (Å²) in [5.74, 6) is 0. The Morgan fingerprint density at radius 1 is 1.60 bits per heavy atom. The van der Waals surface area contributed by atoms with E-state index in [1.54, 1.807) is 0 Å². The molecule has 0 atom stereocenters. The van der Waals surface area contributed by atoms with E-state index in [0.29, 0.717) is 0 Å². The molecule has 1 aliphatic rings. The van der Waals surface area contributed by atoms with Gasteiger partial charge in [0.2, 0.25) is 0 Å². The van der Waals surface area contributed by atoms with Crippen LogP contribution in [0.4, 0.5) is 0 Å². The van der Waals surface area contributed by atoms with Crippen molar-refractivity contribution in [1.82, 2.24) is 5.32 Å². The maximum absolute atomic E-state index is 5.37. The summed E-state index contributed by atoms with van der Waals surface area (Å²) in [6, 6.07) is 0. The van der Waals surface area contributed by atoms with Crippen molar-refractivity contribution in [3.05, 3.63) is 24.0 Å². The van der Waals surface area contributed by atoms with Crippen LogP contribution in [0.3, 0.4) is 0 Å². The first kappa shape index (κ1) is 7.35. The molecule has 1 rings (SSSR count). The maximum atomic E-state index is 5.37. The van der Waals surface area contributed by atoms with E-state index in [-0.39, 0.29) is 0 Å². The van der Waals surface area contributed by atoms with Crippen LogP contribution in [0, 0.1) is 0 Å². The lowest BCUT2D eigenvalue weighted by atomic mass is 10.2. The Bertz CT molecular complexity index is 147. The minimum absolute atomic E-state index is 0.780. The van der Waals surface area contributed by atoms with Crippen molar-refractivity contribution in [3.8, 4) is 0 Å². The SMILES string of the molecule is NCCCC1=CCC=CN1. The molecule has 0 aromatic carbocycles. The molecule has 0 fully saturated rings. The minimum Gasteiger partial charge on any atom is -0.366 e. The second-order valence-electron chi connectivity index (χ2n) is 2.40. The summed E-state index contributed by atoms with van der Waals surface area (Å²) in [5, 5.41) is 3.18. The van der Waals surface area contributed by atoms with Crippen LogP contribution in [-0.4, -0.2) is 6.54 Å². The monoisotopic (exact) mass is 138 g/mol. The highest BCUT2D eigenvalue weighted by molar-refractivity contribution is 5.10. The normalized spacial score (nSPS) is 16.3. The first-order valence-electron chi connectivity index (χ1n) is 3.74. The van der Waals surface area contributed by atoms with E-state index >= 15 is 0 Å². The van der Waals surface area contributed by atoms with Gasteiger partial charge in [-0.2, -0.15) is 0 Å². The molecule has 3 N–H and O–H groups in total. The first-order chi connectivity index (χ1) is 4.93. The van der Waals surface area contributed by atoms with E-state index in [9.17, 15) is 0 Å². The van der Waals surface area contributed by atoms with Crippen molar-refractivity contribution < 1.29 is 0 Å². The summed E-state index contributed by atoms with van der Waals surface area (Å²) in [6.07, 6.45) is 9.52. The smallest absolute Gasteiger partial charge is 0.0109 e. The van der Waals surface area contributed by atoms with Gasteiger partial charge in [0.05, 0.1) is 0 Å². The summed E-state index contributed by atoms with van der Waals surface area (Å²) in [4.78, 5) is 0. The molecule has 0 saturated carbocycles. The highest BCUT2D eigenvalue weighted by Crippen LogP contribution is 2.05. The summed E-state index contributed by atoms with van der Waals surface area (Å²) >= 11 is 0. The van der Waals surface area contributed by atoms with Gasteiger partial charge in [-0.05, 0) is 32.0 Å². The Balaban J connectivity index is 2.21. The fourth-order valence-corrected chi connectivity index (χ4v) is 0.970. The van der Waals surface area contributed by atoms with Crippen molar-refractivity contribution >= 4 is 0 Å². The van der Waals surface area contributed by atoms with E-state index in [0.717, 1.165) is 25.8 Å². The Labute approximate surface area is 61.8 Å². The molecular formula is C8H14N2. The molecule has 0 aromatic heterocycles. The van der Waals surface area contributed by atoms with Gasteiger partial charge < -0.3 is 11.1 Å². The molecule has 10 heavy (non-hydrogen) atoms.